The number of halogens is 1. The molecule has 1 aromatic carbocycles. The Morgan fingerprint density at radius 3 is 2.76 bits per heavy atom. The van der Waals surface area contributed by atoms with Gasteiger partial charge in [-0.05, 0) is 49.9 Å². The standard InChI is InChI=1S/C17H22ClN3/c18-17-9-13(10-19)4-5-14(17)11-21(16-6-7-16)12-15-3-1-2-8-20-15/h4-5,9,15-16,20H,1-3,6-8,11-12H2. The molecule has 1 aliphatic heterocycles. The van der Waals surface area contributed by atoms with Crippen LogP contribution in [0.25, 0.3) is 0 Å². The molecule has 1 atom stereocenters. The van der Waals surface area contributed by atoms with Crippen LogP contribution < -0.4 is 5.32 Å². The lowest BCUT2D eigenvalue weighted by atomic mass is 10.0. The number of nitrogens with one attached hydrogen (secondary N) is 1. The van der Waals surface area contributed by atoms with Gasteiger partial charge in [0.2, 0.25) is 0 Å². The van der Waals surface area contributed by atoms with E-state index in [1.54, 1.807) is 6.07 Å². The van der Waals surface area contributed by atoms with Crippen LogP contribution in [-0.4, -0.2) is 30.1 Å². The Bertz CT molecular complexity index is 527. The summed E-state index contributed by atoms with van der Waals surface area (Å²) in [6, 6.07) is 9.13. The van der Waals surface area contributed by atoms with Crippen molar-refractivity contribution in [1.82, 2.24) is 10.2 Å². The summed E-state index contributed by atoms with van der Waals surface area (Å²) in [4.78, 5) is 2.57. The molecule has 1 aliphatic carbocycles. The van der Waals surface area contributed by atoms with Gasteiger partial charge in [-0.2, -0.15) is 5.26 Å². The van der Waals surface area contributed by atoms with Crippen LogP contribution in [0.4, 0.5) is 0 Å². The van der Waals surface area contributed by atoms with Crippen molar-refractivity contribution in [3.05, 3.63) is 34.3 Å². The zero-order valence-electron chi connectivity index (χ0n) is 12.3. The van der Waals surface area contributed by atoms with E-state index >= 15 is 0 Å². The quantitative estimate of drug-likeness (QED) is 0.907. The molecule has 0 amide bonds. The molecule has 3 rings (SSSR count). The van der Waals surface area contributed by atoms with Gasteiger partial charge in [-0.1, -0.05) is 24.1 Å². The maximum Gasteiger partial charge on any atom is 0.0992 e. The molecule has 0 spiro atoms. The van der Waals surface area contributed by atoms with Crippen molar-refractivity contribution in [2.45, 2.75) is 50.7 Å². The number of benzene rings is 1. The molecular weight excluding hydrogens is 282 g/mol. The predicted octanol–water partition coefficient (Wildman–Crippen LogP) is 3.32. The van der Waals surface area contributed by atoms with E-state index in [0.717, 1.165) is 36.3 Å². The molecular formula is C17H22ClN3. The Balaban J connectivity index is 1.66. The average molecular weight is 304 g/mol. The molecule has 2 aliphatic rings. The lowest BCUT2D eigenvalue weighted by Gasteiger charge is -2.31. The third-order valence-electron chi connectivity index (χ3n) is 4.49. The van der Waals surface area contributed by atoms with E-state index in [9.17, 15) is 0 Å². The third kappa shape index (κ3) is 3.97. The lowest BCUT2D eigenvalue weighted by molar-refractivity contribution is 0.208. The zero-order chi connectivity index (χ0) is 14.7. The van der Waals surface area contributed by atoms with E-state index < -0.39 is 0 Å². The first kappa shape index (κ1) is 14.8. The minimum atomic E-state index is 0.622. The number of rotatable bonds is 5. The third-order valence-corrected chi connectivity index (χ3v) is 4.84. The molecule has 0 aromatic heterocycles. The highest BCUT2D eigenvalue weighted by Gasteiger charge is 2.31. The molecule has 112 valence electrons. The van der Waals surface area contributed by atoms with Gasteiger partial charge in [0.05, 0.1) is 11.6 Å². The molecule has 21 heavy (non-hydrogen) atoms. The molecule has 1 N–H and O–H groups in total. The summed E-state index contributed by atoms with van der Waals surface area (Å²) in [5.74, 6) is 0. The van der Waals surface area contributed by atoms with Crippen LogP contribution in [0.15, 0.2) is 18.2 Å². The second-order valence-corrected chi connectivity index (χ2v) is 6.63. The lowest BCUT2D eigenvalue weighted by Crippen LogP contribution is -2.44. The van der Waals surface area contributed by atoms with Crippen molar-refractivity contribution in [1.29, 1.82) is 5.26 Å². The molecule has 0 bridgehead atoms. The van der Waals surface area contributed by atoms with Crippen molar-refractivity contribution in [2.75, 3.05) is 13.1 Å². The zero-order valence-corrected chi connectivity index (χ0v) is 13.1. The molecule has 1 heterocycles. The van der Waals surface area contributed by atoms with Gasteiger partial charge < -0.3 is 5.32 Å². The minimum absolute atomic E-state index is 0.622. The molecule has 3 nitrogen and oxygen atoms in total. The largest absolute Gasteiger partial charge is 0.313 e. The van der Waals surface area contributed by atoms with Crippen LogP contribution in [0.3, 0.4) is 0 Å². The molecule has 1 saturated carbocycles. The van der Waals surface area contributed by atoms with Crippen molar-refractivity contribution in [3.8, 4) is 6.07 Å². The monoisotopic (exact) mass is 303 g/mol. The molecule has 1 unspecified atom stereocenters. The van der Waals surface area contributed by atoms with Crippen LogP contribution in [0.5, 0.6) is 0 Å². The first-order valence-electron chi connectivity index (χ1n) is 7.92. The first-order chi connectivity index (χ1) is 10.3. The number of piperidine rings is 1. The molecule has 0 radical (unpaired) electrons. The van der Waals surface area contributed by atoms with Crippen LogP contribution in [0.1, 0.15) is 43.2 Å². The summed E-state index contributed by atoms with van der Waals surface area (Å²) in [6.07, 6.45) is 6.54. The van der Waals surface area contributed by atoms with Crippen LogP contribution in [0, 0.1) is 11.3 Å². The predicted molar refractivity (Wildman–Crippen MR) is 85.2 cm³/mol. The molecule has 1 aromatic rings. The number of nitrogens with zero attached hydrogens (tertiary/aromatic N) is 2. The van der Waals surface area contributed by atoms with Crippen molar-refractivity contribution < 1.29 is 0 Å². The maximum absolute atomic E-state index is 8.92. The van der Waals surface area contributed by atoms with Gasteiger partial charge in [0.25, 0.3) is 0 Å². The highest BCUT2D eigenvalue weighted by molar-refractivity contribution is 6.31. The normalized spacial score (nSPS) is 22.2. The topological polar surface area (TPSA) is 39.1 Å². The van der Waals surface area contributed by atoms with Crippen molar-refractivity contribution in [3.63, 3.8) is 0 Å². The molecule has 4 heteroatoms. The summed E-state index contributed by atoms with van der Waals surface area (Å²) >= 11 is 6.33. The summed E-state index contributed by atoms with van der Waals surface area (Å²) in [7, 11) is 0. The van der Waals surface area contributed by atoms with Gasteiger partial charge >= 0.3 is 0 Å². The Kier molecular flexibility index (Phi) is 4.80. The fourth-order valence-corrected chi connectivity index (χ4v) is 3.35. The van der Waals surface area contributed by atoms with E-state index in [-0.39, 0.29) is 0 Å². The van der Waals surface area contributed by atoms with E-state index in [2.05, 4.69) is 16.3 Å². The van der Waals surface area contributed by atoms with Crippen LogP contribution >= 0.6 is 11.6 Å². The Hall–Kier alpha value is -1.08. The van der Waals surface area contributed by atoms with Crippen LogP contribution in [-0.2, 0) is 6.54 Å². The average Bonchev–Trinajstić information content (AvgIpc) is 3.34. The summed E-state index contributed by atoms with van der Waals surface area (Å²) < 4.78 is 0. The number of hydrogen-bond acceptors (Lipinski definition) is 3. The molecule has 1 saturated heterocycles. The van der Waals surface area contributed by atoms with Gasteiger partial charge in [0.15, 0.2) is 0 Å². The second kappa shape index (κ2) is 6.79. The Morgan fingerprint density at radius 1 is 1.29 bits per heavy atom. The Labute approximate surface area is 131 Å². The summed E-state index contributed by atoms with van der Waals surface area (Å²) in [5.41, 5.74) is 1.77. The smallest absolute Gasteiger partial charge is 0.0992 e. The van der Waals surface area contributed by atoms with E-state index in [4.69, 9.17) is 16.9 Å². The highest BCUT2D eigenvalue weighted by Crippen LogP contribution is 2.30. The Morgan fingerprint density at radius 2 is 2.14 bits per heavy atom. The van der Waals surface area contributed by atoms with E-state index in [1.807, 2.05) is 12.1 Å². The SMILES string of the molecule is N#Cc1ccc(CN(CC2CCCCN2)C2CC2)c(Cl)c1. The first-order valence-corrected chi connectivity index (χ1v) is 8.30. The van der Waals surface area contributed by atoms with Gasteiger partial charge in [0, 0.05) is 30.2 Å². The second-order valence-electron chi connectivity index (χ2n) is 6.23. The van der Waals surface area contributed by atoms with Gasteiger partial charge in [0.1, 0.15) is 0 Å². The van der Waals surface area contributed by atoms with E-state index in [0.29, 0.717) is 11.6 Å². The van der Waals surface area contributed by atoms with Crippen LogP contribution in [0.2, 0.25) is 5.02 Å². The maximum atomic E-state index is 8.92. The summed E-state index contributed by atoms with van der Waals surface area (Å²) in [6.45, 7) is 3.16. The number of nitriles is 1. The van der Waals surface area contributed by atoms with Gasteiger partial charge in [-0.25, -0.2) is 0 Å². The fourth-order valence-electron chi connectivity index (χ4n) is 3.11. The van der Waals surface area contributed by atoms with Gasteiger partial charge in [-0.3, -0.25) is 4.90 Å². The molecule has 2 fully saturated rings. The summed E-state index contributed by atoms with van der Waals surface area (Å²) in [5, 5.41) is 13.3. The van der Waals surface area contributed by atoms with Crippen molar-refractivity contribution >= 4 is 11.6 Å². The minimum Gasteiger partial charge on any atom is -0.313 e. The fraction of sp³-hybridized carbons (Fsp3) is 0.588. The highest BCUT2D eigenvalue weighted by atomic mass is 35.5. The van der Waals surface area contributed by atoms with E-state index in [1.165, 1.54) is 32.1 Å². The number of hydrogen-bond donors (Lipinski definition) is 1. The van der Waals surface area contributed by atoms with Crippen molar-refractivity contribution in [2.24, 2.45) is 0 Å². The van der Waals surface area contributed by atoms with Gasteiger partial charge in [-0.15, -0.1) is 0 Å².